The van der Waals surface area contributed by atoms with Gasteiger partial charge in [0.2, 0.25) is 18.4 Å². The molecule has 4 aromatic rings. The van der Waals surface area contributed by atoms with Gasteiger partial charge in [-0.2, -0.15) is 0 Å². The van der Waals surface area contributed by atoms with Crippen LogP contribution >= 0.6 is 0 Å². The Balaban J connectivity index is 1.21. The van der Waals surface area contributed by atoms with Crippen molar-refractivity contribution in [3.8, 4) is 11.6 Å². The van der Waals surface area contributed by atoms with Crippen LogP contribution in [0.4, 0.5) is 26.7 Å². The van der Waals surface area contributed by atoms with E-state index in [0.717, 1.165) is 22.9 Å². The zero-order valence-corrected chi connectivity index (χ0v) is 25.0. The number of hydrogen-bond donors (Lipinski definition) is 1. The van der Waals surface area contributed by atoms with E-state index in [1.165, 1.54) is 6.07 Å². The van der Waals surface area contributed by atoms with Crippen LogP contribution < -0.4 is 14.8 Å². The van der Waals surface area contributed by atoms with E-state index in [4.69, 9.17) is 14.2 Å². The van der Waals surface area contributed by atoms with Gasteiger partial charge < -0.3 is 33.7 Å². The molecule has 0 saturated carbocycles. The molecule has 0 aliphatic rings. The monoisotopic (exact) mass is 667 g/mol. The third kappa shape index (κ3) is 10.3. The molecule has 16 heteroatoms. The Labute approximate surface area is 264 Å². The molecule has 0 amide bonds. The average molecular weight is 668 g/mol. The molecule has 252 valence electrons. The second-order valence-electron chi connectivity index (χ2n) is 9.73. The molecule has 47 heavy (non-hydrogen) atoms. The van der Waals surface area contributed by atoms with Gasteiger partial charge >= 0.3 is 18.5 Å². The number of unbranched alkanes of at least 4 members (excludes halogenated alkanes) is 1. The number of hydrogen-bond acceptors (Lipinski definition) is 11. The molecule has 0 spiro atoms. The smallest absolute Gasteiger partial charge is 0.475 e. The van der Waals surface area contributed by atoms with Crippen LogP contribution in [0.25, 0.3) is 21.7 Å². The second kappa shape index (κ2) is 16.6. The van der Waals surface area contributed by atoms with E-state index < -0.39 is 42.7 Å². The standard InChI is InChI=1S/C31H30F5N3O8/c1-2-43-30(41)46-18-45-29(40)20-5-6-21-23-17-38-9-7-22(23)28(39-26(21)15-20)44-12-11-42-10-4-3-8-37-16-19-13-24(32)27(25(33)14-19)47-31(34,35)36/h5-7,9,13-15,17,37H,2-4,8,10-12,16,18H2,1H3. The molecule has 0 atom stereocenters. The minimum Gasteiger partial charge on any atom is -0.475 e. The average Bonchev–Trinajstić information content (AvgIpc) is 3.03. The Morgan fingerprint density at radius 2 is 1.68 bits per heavy atom. The summed E-state index contributed by atoms with van der Waals surface area (Å²) >= 11 is 0. The summed E-state index contributed by atoms with van der Waals surface area (Å²) in [5, 5.41) is 5.15. The van der Waals surface area contributed by atoms with Crippen molar-refractivity contribution >= 4 is 33.8 Å². The molecule has 0 bridgehead atoms. The first kappa shape index (κ1) is 35.0. The van der Waals surface area contributed by atoms with Gasteiger partial charge in [0.25, 0.3) is 0 Å². The van der Waals surface area contributed by atoms with Crippen molar-refractivity contribution in [2.24, 2.45) is 0 Å². The summed E-state index contributed by atoms with van der Waals surface area (Å²) in [5.74, 6) is -4.79. The number of halogens is 5. The van der Waals surface area contributed by atoms with Crippen molar-refractivity contribution in [1.29, 1.82) is 0 Å². The maximum absolute atomic E-state index is 13.8. The molecular weight excluding hydrogens is 637 g/mol. The molecule has 0 aliphatic carbocycles. The number of benzene rings is 2. The highest BCUT2D eigenvalue weighted by atomic mass is 19.4. The summed E-state index contributed by atoms with van der Waals surface area (Å²) in [4.78, 5) is 32.5. The number of carbonyl (C=O) groups is 2. The number of carbonyl (C=O) groups excluding carboxylic acids is 2. The summed E-state index contributed by atoms with van der Waals surface area (Å²) in [7, 11) is 0. The van der Waals surface area contributed by atoms with Gasteiger partial charge in [-0.1, -0.05) is 6.07 Å². The van der Waals surface area contributed by atoms with Crippen LogP contribution in [-0.4, -0.2) is 68.2 Å². The zero-order valence-electron chi connectivity index (χ0n) is 25.0. The quantitative estimate of drug-likeness (QED) is 0.0482. The van der Waals surface area contributed by atoms with Crippen molar-refractivity contribution < 1.29 is 60.0 Å². The first-order valence-electron chi connectivity index (χ1n) is 14.3. The molecule has 1 N–H and O–H groups in total. The lowest BCUT2D eigenvalue weighted by atomic mass is 10.1. The lowest BCUT2D eigenvalue weighted by Crippen LogP contribution is -2.20. The Morgan fingerprint density at radius 3 is 2.43 bits per heavy atom. The number of rotatable bonds is 16. The molecule has 2 heterocycles. The summed E-state index contributed by atoms with van der Waals surface area (Å²) in [5.41, 5.74) is 0.758. The van der Waals surface area contributed by atoms with E-state index >= 15 is 0 Å². The van der Waals surface area contributed by atoms with Gasteiger partial charge in [0, 0.05) is 41.7 Å². The van der Waals surface area contributed by atoms with Crippen LogP contribution in [0.15, 0.2) is 48.8 Å². The molecule has 0 saturated heterocycles. The van der Waals surface area contributed by atoms with Gasteiger partial charge in [0.05, 0.1) is 24.3 Å². The lowest BCUT2D eigenvalue weighted by molar-refractivity contribution is -0.276. The number of alkyl halides is 3. The van der Waals surface area contributed by atoms with Crippen molar-refractivity contribution in [2.45, 2.75) is 32.7 Å². The number of nitrogens with zero attached hydrogens (tertiary/aromatic N) is 2. The normalized spacial score (nSPS) is 11.4. The summed E-state index contributed by atoms with van der Waals surface area (Å²) in [6.45, 7) is 2.46. The number of pyridine rings is 2. The van der Waals surface area contributed by atoms with Gasteiger partial charge in [0.15, 0.2) is 11.6 Å². The Hall–Kier alpha value is -4.83. The first-order chi connectivity index (χ1) is 22.6. The molecule has 2 aromatic heterocycles. The molecule has 0 aliphatic heterocycles. The van der Waals surface area contributed by atoms with Crippen LogP contribution in [-0.2, 0) is 25.5 Å². The highest BCUT2D eigenvalue weighted by Gasteiger charge is 2.34. The number of aromatic nitrogens is 2. The van der Waals surface area contributed by atoms with Crippen LogP contribution in [0.2, 0.25) is 0 Å². The van der Waals surface area contributed by atoms with Crippen molar-refractivity contribution in [1.82, 2.24) is 15.3 Å². The van der Waals surface area contributed by atoms with E-state index in [9.17, 15) is 31.5 Å². The third-order valence-corrected chi connectivity index (χ3v) is 6.39. The number of nitrogens with one attached hydrogen (secondary N) is 1. The van der Waals surface area contributed by atoms with Crippen LogP contribution in [0.1, 0.15) is 35.7 Å². The third-order valence-electron chi connectivity index (χ3n) is 6.39. The van der Waals surface area contributed by atoms with Crippen molar-refractivity contribution in [2.75, 3.05) is 39.8 Å². The van der Waals surface area contributed by atoms with Crippen LogP contribution in [0, 0.1) is 11.6 Å². The van der Waals surface area contributed by atoms with Crippen molar-refractivity contribution in [3.05, 3.63) is 71.6 Å². The van der Waals surface area contributed by atoms with Gasteiger partial charge in [-0.3, -0.25) is 4.98 Å². The predicted octanol–water partition coefficient (Wildman–Crippen LogP) is 6.21. The molecule has 0 fully saturated rings. The number of esters is 1. The van der Waals surface area contributed by atoms with Gasteiger partial charge in [0.1, 0.15) is 6.61 Å². The van der Waals surface area contributed by atoms with E-state index in [1.54, 1.807) is 37.5 Å². The summed E-state index contributed by atoms with van der Waals surface area (Å²) in [6.07, 6.45) is -1.58. The van der Waals surface area contributed by atoms with E-state index in [1.807, 2.05) is 0 Å². The van der Waals surface area contributed by atoms with E-state index in [-0.39, 0.29) is 37.5 Å². The van der Waals surface area contributed by atoms with Gasteiger partial charge in [-0.15, -0.1) is 13.2 Å². The largest absolute Gasteiger partial charge is 0.573 e. The SMILES string of the molecule is CCOC(=O)OCOC(=O)c1ccc2c(c1)nc(OCCOCCCCNCc1cc(F)c(OC(F)(F)F)c(F)c1)c1ccncc12. The molecule has 0 radical (unpaired) electrons. The molecule has 11 nitrogen and oxygen atoms in total. The Bertz CT molecular complexity index is 1670. The fraction of sp³-hybridized carbons (Fsp3) is 0.355. The fourth-order valence-corrected chi connectivity index (χ4v) is 4.34. The fourth-order valence-electron chi connectivity index (χ4n) is 4.34. The van der Waals surface area contributed by atoms with Gasteiger partial charge in [-0.05, 0) is 62.2 Å². The maximum atomic E-state index is 13.8. The Morgan fingerprint density at radius 1 is 0.894 bits per heavy atom. The first-order valence-corrected chi connectivity index (χ1v) is 14.3. The number of fused-ring (bicyclic) bond motifs is 3. The maximum Gasteiger partial charge on any atom is 0.573 e. The summed E-state index contributed by atoms with van der Waals surface area (Å²) < 4.78 is 93.7. The minimum absolute atomic E-state index is 0.0453. The van der Waals surface area contributed by atoms with E-state index in [2.05, 4.69) is 29.5 Å². The van der Waals surface area contributed by atoms with Crippen LogP contribution in [0.3, 0.4) is 0 Å². The Kier molecular flexibility index (Phi) is 12.4. The highest BCUT2D eigenvalue weighted by molar-refractivity contribution is 6.08. The zero-order chi connectivity index (χ0) is 33.8. The van der Waals surface area contributed by atoms with Crippen LogP contribution in [0.5, 0.6) is 11.6 Å². The number of ether oxygens (including phenoxy) is 6. The second-order valence-corrected chi connectivity index (χ2v) is 9.73. The molecular formula is C31H30F5N3O8. The van der Waals surface area contributed by atoms with Crippen molar-refractivity contribution in [3.63, 3.8) is 0 Å². The topological polar surface area (TPSA) is 127 Å². The predicted molar refractivity (Wildman–Crippen MR) is 156 cm³/mol. The summed E-state index contributed by atoms with van der Waals surface area (Å²) in [6, 6.07) is 8.11. The molecule has 4 rings (SSSR count). The lowest BCUT2D eigenvalue weighted by Gasteiger charge is -2.12. The van der Waals surface area contributed by atoms with E-state index in [0.29, 0.717) is 42.8 Å². The molecule has 2 aromatic carbocycles. The molecule has 0 unspecified atom stereocenters. The van der Waals surface area contributed by atoms with Gasteiger partial charge in [-0.25, -0.2) is 23.4 Å². The highest BCUT2D eigenvalue weighted by Crippen LogP contribution is 2.31. The minimum atomic E-state index is -5.20.